The lowest BCUT2D eigenvalue weighted by atomic mass is 9.86. The third-order valence-electron chi connectivity index (χ3n) is 10.1. The number of carbonyl (C=O) groups excluding carboxylic acids is 1. The summed E-state index contributed by atoms with van der Waals surface area (Å²) in [5.41, 5.74) is 1.65. The highest BCUT2D eigenvalue weighted by Gasteiger charge is 2.62. The molecule has 0 spiro atoms. The standard InChI is InChI=1S/C35H36BN7O7/c1-20-17-34(20,32(44)50-19-21-5-3-2-4-6-21)43-31-25(30(40-43)22-11-13-49-14-12-22)9-10-28(39-31)38-29-16-26-27(18-37-29)42(35(46,47)48)33(45)41(26)24-8-7-23(36)15-24/h2-6,9-11,16,18,20,23-24,46-48H,7-8,12-15,17,19H2,1H3,(H,37,38,39). The van der Waals surface area contributed by atoms with Crippen LogP contribution in [0.25, 0.3) is 27.6 Å². The minimum atomic E-state index is -3.43. The van der Waals surface area contributed by atoms with Crippen molar-refractivity contribution in [2.75, 3.05) is 18.5 Å². The molecule has 4 aromatic heterocycles. The van der Waals surface area contributed by atoms with Crippen LogP contribution in [0.2, 0.25) is 5.82 Å². The average Bonchev–Trinajstić information content (AvgIpc) is 3.36. The molecule has 256 valence electrons. The molecule has 1 aromatic carbocycles. The molecule has 4 unspecified atom stereocenters. The number of esters is 1. The number of rotatable bonds is 9. The van der Waals surface area contributed by atoms with Crippen molar-refractivity contribution < 1.29 is 29.6 Å². The number of hydrogen-bond acceptors (Lipinski definition) is 11. The second-order valence-electron chi connectivity index (χ2n) is 13.5. The van der Waals surface area contributed by atoms with Crippen molar-refractivity contribution in [1.29, 1.82) is 0 Å². The minimum Gasteiger partial charge on any atom is -0.459 e. The molecule has 14 nitrogen and oxygen atoms in total. The maximum absolute atomic E-state index is 13.8. The van der Waals surface area contributed by atoms with Crippen LogP contribution in [0.4, 0.5) is 11.6 Å². The zero-order chi connectivity index (χ0) is 34.8. The van der Waals surface area contributed by atoms with E-state index in [1.54, 1.807) is 16.8 Å². The number of carbonyl (C=O) groups is 1. The van der Waals surface area contributed by atoms with Crippen LogP contribution in [0.1, 0.15) is 56.3 Å². The fourth-order valence-electron chi connectivity index (χ4n) is 7.43. The maximum Gasteiger partial charge on any atom is 0.377 e. The molecule has 2 saturated carbocycles. The van der Waals surface area contributed by atoms with Gasteiger partial charge in [-0.25, -0.2) is 28.8 Å². The molecular formula is C35H36BN7O7. The van der Waals surface area contributed by atoms with Gasteiger partial charge in [-0.3, -0.25) is 4.57 Å². The number of nitrogens with zero attached hydrogens (tertiary/aromatic N) is 6. The van der Waals surface area contributed by atoms with Gasteiger partial charge in [-0.1, -0.05) is 55.6 Å². The molecule has 2 aliphatic carbocycles. The Morgan fingerprint density at radius 2 is 1.94 bits per heavy atom. The Balaban J connectivity index is 1.19. The number of anilines is 2. The molecule has 15 heteroatoms. The van der Waals surface area contributed by atoms with Crippen molar-refractivity contribution in [1.82, 2.24) is 28.9 Å². The molecule has 0 saturated heterocycles. The summed E-state index contributed by atoms with van der Waals surface area (Å²) in [5.74, 6) is 0.180. The summed E-state index contributed by atoms with van der Waals surface area (Å²) in [6, 6.07) is 14.5. The number of benzene rings is 1. The molecule has 5 heterocycles. The van der Waals surface area contributed by atoms with E-state index in [1.807, 2.05) is 49.4 Å². The van der Waals surface area contributed by atoms with Crippen LogP contribution in [0, 0.1) is 5.92 Å². The molecule has 2 fully saturated rings. The maximum atomic E-state index is 13.8. The van der Waals surface area contributed by atoms with E-state index in [0.29, 0.717) is 72.7 Å². The molecule has 1 aliphatic heterocycles. The van der Waals surface area contributed by atoms with Gasteiger partial charge in [-0.05, 0) is 54.9 Å². The first-order valence-corrected chi connectivity index (χ1v) is 16.8. The highest BCUT2D eigenvalue weighted by atomic mass is 16.7. The van der Waals surface area contributed by atoms with Gasteiger partial charge in [0.2, 0.25) is 0 Å². The summed E-state index contributed by atoms with van der Waals surface area (Å²) in [7, 11) is 6.14. The largest absolute Gasteiger partial charge is 0.459 e. The van der Waals surface area contributed by atoms with Crippen LogP contribution >= 0.6 is 0 Å². The van der Waals surface area contributed by atoms with Gasteiger partial charge in [0, 0.05) is 17.5 Å². The lowest BCUT2D eigenvalue weighted by molar-refractivity contribution is -0.374. The molecule has 0 amide bonds. The summed E-state index contributed by atoms with van der Waals surface area (Å²) < 4.78 is 15.0. The number of fused-ring (bicyclic) bond motifs is 2. The second-order valence-corrected chi connectivity index (χ2v) is 13.5. The Hall–Kier alpha value is -4.83. The van der Waals surface area contributed by atoms with E-state index in [1.165, 1.54) is 10.8 Å². The quantitative estimate of drug-likeness (QED) is 0.102. The molecule has 0 bridgehead atoms. The normalized spacial score (nSPS) is 23.7. The van der Waals surface area contributed by atoms with E-state index in [9.17, 15) is 24.9 Å². The summed E-state index contributed by atoms with van der Waals surface area (Å²) in [6.07, 6.45) is 2.88. The zero-order valence-corrected chi connectivity index (χ0v) is 27.4. The molecule has 4 atom stereocenters. The van der Waals surface area contributed by atoms with Gasteiger partial charge < -0.3 is 30.1 Å². The Morgan fingerprint density at radius 3 is 2.62 bits per heavy atom. The molecule has 4 N–H and O–H groups in total. The topological polar surface area (TPSA) is 179 Å². The predicted molar refractivity (Wildman–Crippen MR) is 183 cm³/mol. The third-order valence-corrected chi connectivity index (χ3v) is 10.1. The van der Waals surface area contributed by atoms with E-state index in [4.69, 9.17) is 27.4 Å². The highest BCUT2D eigenvalue weighted by Crippen LogP contribution is 2.52. The Kier molecular flexibility index (Phi) is 7.90. The number of aliphatic hydroxyl groups is 3. The van der Waals surface area contributed by atoms with Crippen molar-refractivity contribution in [3.05, 3.63) is 82.5 Å². The molecular weight excluding hydrogens is 641 g/mol. The Labute approximate surface area is 287 Å². The van der Waals surface area contributed by atoms with Crippen LogP contribution < -0.4 is 11.0 Å². The van der Waals surface area contributed by atoms with Crippen molar-refractivity contribution in [2.45, 2.75) is 69.1 Å². The van der Waals surface area contributed by atoms with E-state index >= 15 is 0 Å². The number of aromatic nitrogens is 6. The molecule has 8 rings (SSSR count). The lowest BCUT2D eigenvalue weighted by Crippen LogP contribution is -2.41. The van der Waals surface area contributed by atoms with Gasteiger partial charge in [0.1, 0.15) is 18.2 Å². The summed E-state index contributed by atoms with van der Waals surface area (Å²) in [6.45, 7) is 3.16. The van der Waals surface area contributed by atoms with Crippen molar-refractivity contribution >= 4 is 53.1 Å². The fraction of sp³-hybridized carbons (Fsp3) is 0.400. The fourth-order valence-corrected chi connectivity index (χ4v) is 7.43. The van der Waals surface area contributed by atoms with Crippen LogP contribution in [0.15, 0.2) is 65.6 Å². The first kappa shape index (κ1) is 32.4. The molecule has 50 heavy (non-hydrogen) atoms. The molecule has 3 aliphatic rings. The first-order valence-electron chi connectivity index (χ1n) is 16.8. The SMILES string of the molecule is [B]C1CCC(n2c(=O)n(C(O)(O)O)c3cnc(Nc4ccc5c(C6=CCOCC6)nn(C6(C(=O)OCc7ccccc7)CC6C)c5n4)cc32)C1. The average molecular weight is 678 g/mol. The molecule has 2 radical (unpaired) electrons. The number of ether oxygens (including phenoxy) is 2. The number of imidazole rings is 1. The Morgan fingerprint density at radius 1 is 1.14 bits per heavy atom. The van der Waals surface area contributed by atoms with Crippen LogP contribution in [0.3, 0.4) is 0 Å². The number of nitrogens with one attached hydrogen (secondary N) is 1. The van der Waals surface area contributed by atoms with Crippen LogP contribution in [0.5, 0.6) is 0 Å². The highest BCUT2D eigenvalue weighted by molar-refractivity contribution is 6.11. The van der Waals surface area contributed by atoms with E-state index < -0.39 is 17.3 Å². The number of pyridine rings is 2. The van der Waals surface area contributed by atoms with Gasteiger partial charge in [0.25, 0.3) is 0 Å². The van der Waals surface area contributed by atoms with Crippen molar-refractivity contribution in [2.24, 2.45) is 5.92 Å². The van der Waals surface area contributed by atoms with Crippen molar-refractivity contribution in [3.8, 4) is 0 Å². The second kappa shape index (κ2) is 12.2. The smallest absolute Gasteiger partial charge is 0.377 e. The first-order chi connectivity index (χ1) is 24.0. The van der Waals surface area contributed by atoms with Gasteiger partial charge in [0.15, 0.2) is 11.2 Å². The molecule has 5 aromatic rings. The van der Waals surface area contributed by atoms with Gasteiger partial charge in [0.05, 0.1) is 44.0 Å². The van der Waals surface area contributed by atoms with Crippen molar-refractivity contribution in [3.63, 3.8) is 0 Å². The van der Waals surface area contributed by atoms with Crippen LogP contribution in [-0.4, -0.2) is 71.2 Å². The van der Waals surface area contributed by atoms with Gasteiger partial charge in [-0.2, -0.15) is 5.10 Å². The monoisotopic (exact) mass is 677 g/mol. The van der Waals surface area contributed by atoms with E-state index in [2.05, 4.69) is 10.3 Å². The third kappa shape index (κ3) is 5.50. The Bertz CT molecular complexity index is 2210. The minimum absolute atomic E-state index is 0.0306. The van der Waals surface area contributed by atoms with Crippen LogP contribution in [-0.2, 0) is 32.5 Å². The number of hydrogen-bond donors (Lipinski definition) is 4. The van der Waals surface area contributed by atoms with E-state index in [-0.39, 0.29) is 35.9 Å². The summed E-state index contributed by atoms with van der Waals surface area (Å²) in [4.78, 5) is 36.6. The van der Waals surface area contributed by atoms with Gasteiger partial charge >= 0.3 is 17.8 Å². The van der Waals surface area contributed by atoms with Gasteiger partial charge in [-0.15, -0.1) is 0 Å². The van der Waals surface area contributed by atoms with E-state index in [0.717, 1.165) is 22.2 Å². The zero-order valence-electron chi connectivity index (χ0n) is 27.4. The predicted octanol–water partition coefficient (Wildman–Crippen LogP) is 3.20. The lowest BCUT2D eigenvalue weighted by Gasteiger charge is -2.18. The summed E-state index contributed by atoms with van der Waals surface area (Å²) in [5, 5.41) is 39.2. The summed E-state index contributed by atoms with van der Waals surface area (Å²) >= 11 is 0.